The number of likely N-dealkylation sites (N-methyl/N-ethyl adjacent to an activating group) is 1. The lowest BCUT2D eigenvalue weighted by atomic mass is 9.84. The van der Waals surface area contributed by atoms with Crippen LogP contribution < -0.4 is 5.32 Å². The maximum absolute atomic E-state index is 13.3. The molecule has 2 aromatic carbocycles. The number of halogens is 3. The third-order valence-electron chi connectivity index (χ3n) is 6.78. The van der Waals surface area contributed by atoms with Crippen molar-refractivity contribution < 1.29 is 9.59 Å². The molecule has 0 radical (unpaired) electrons. The van der Waals surface area contributed by atoms with Crippen LogP contribution in [-0.4, -0.2) is 60.4 Å². The van der Waals surface area contributed by atoms with E-state index in [1.165, 1.54) is 0 Å². The van der Waals surface area contributed by atoms with Gasteiger partial charge >= 0.3 is 0 Å². The molecule has 0 bridgehead atoms. The van der Waals surface area contributed by atoms with Gasteiger partial charge in [0.25, 0.3) is 5.91 Å². The molecule has 3 atom stereocenters. The molecule has 1 N–H and O–H groups in total. The molecule has 2 fully saturated rings. The molecule has 8 heteroatoms. The van der Waals surface area contributed by atoms with Crippen molar-refractivity contribution in [2.45, 2.75) is 43.7 Å². The van der Waals surface area contributed by atoms with Crippen LogP contribution in [0.3, 0.4) is 0 Å². The van der Waals surface area contributed by atoms with Gasteiger partial charge in [0.2, 0.25) is 5.91 Å². The zero-order valence-corrected chi connectivity index (χ0v) is 20.8. The largest absolute Gasteiger partial charge is 0.341 e. The molecule has 0 unspecified atom stereocenters. The fourth-order valence-electron chi connectivity index (χ4n) is 4.90. The van der Waals surface area contributed by atoms with Gasteiger partial charge in [-0.2, -0.15) is 0 Å². The second-order valence-corrected chi connectivity index (χ2v) is 10.1. The van der Waals surface area contributed by atoms with Crippen LogP contribution >= 0.6 is 34.8 Å². The van der Waals surface area contributed by atoms with E-state index in [0.29, 0.717) is 40.1 Å². The van der Waals surface area contributed by atoms with Gasteiger partial charge in [0.15, 0.2) is 0 Å². The Labute approximate surface area is 210 Å². The van der Waals surface area contributed by atoms with Gasteiger partial charge in [0, 0.05) is 42.7 Å². The highest BCUT2D eigenvalue weighted by molar-refractivity contribution is 6.42. The number of benzene rings is 2. The highest BCUT2D eigenvalue weighted by Crippen LogP contribution is 2.35. The standard InChI is InChI=1S/C25H28Cl3N3O2/c1-30(24(32)16-5-8-18(26)9-6-16)23-11-13-31(25(33)22-4-2-3-12-29-22)15-19(23)17-7-10-20(27)21(28)14-17/h5-10,14,19,22-23,29H,2-4,11-13,15H2,1H3/t19-,22+,23+/m0/s1. The lowest BCUT2D eigenvalue weighted by Crippen LogP contribution is -2.56. The first-order valence-corrected chi connectivity index (χ1v) is 12.5. The topological polar surface area (TPSA) is 52.7 Å². The van der Waals surface area contributed by atoms with Gasteiger partial charge in [-0.3, -0.25) is 9.59 Å². The van der Waals surface area contributed by atoms with Crippen molar-refractivity contribution in [3.63, 3.8) is 0 Å². The summed E-state index contributed by atoms with van der Waals surface area (Å²) in [5.41, 5.74) is 1.55. The summed E-state index contributed by atoms with van der Waals surface area (Å²) in [6.07, 6.45) is 3.72. The fraction of sp³-hybridized carbons (Fsp3) is 0.440. The van der Waals surface area contributed by atoms with E-state index in [4.69, 9.17) is 34.8 Å². The summed E-state index contributed by atoms with van der Waals surface area (Å²) in [6.45, 7) is 2.01. The van der Waals surface area contributed by atoms with Crippen LogP contribution in [0.1, 0.15) is 47.5 Å². The minimum Gasteiger partial charge on any atom is -0.341 e. The summed E-state index contributed by atoms with van der Waals surface area (Å²) >= 11 is 18.5. The van der Waals surface area contributed by atoms with Gasteiger partial charge in [-0.05, 0) is 67.8 Å². The Hall–Kier alpha value is -1.79. The lowest BCUT2D eigenvalue weighted by molar-refractivity contribution is -0.135. The molecule has 2 amide bonds. The minimum atomic E-state index is -0.127. The molecule has 2 aromatic rings. The summed E-state index contributed by atoms with van der Waals surface area (Å²) in [5, 5.41) is 4.90. The van der Waals surface area contributed by atoms with Crippen molar-refractivity contribution >= 4 is 46.6 Å². The number of nitrogens with one attached hydrogen (secondary N) is 1. The van der Waals surface area contributed by atoms with Crippen LogP contribution in [0.2, 0.25) is 15.1 Å². The van der Waals surface area contributed by atoms with E-state index in [1.54, 1.807) is 35.2 Å². The predicted octanol–water partition coefficient (Wildman–Crippen LogP) is 5.25. The minimum absolute atomic E-state index is 0.0737. The monoisotopic (exact) mass is 507 g/mol. The maximum Gasteiger partial charge on any atom is 0.253 e. The number of hydrogen-bond donors (Lipinski definition) is 1. The first-order valence-electron chi connectivity index (χ1n) is 11.3. The second-order valence-electron chi connectivity index (χ2n) is 8.85. The Kier molecular flexibility index (Phi) is 7.85. The van der Waals surface area contributed by atoms with Crippen LogP contribution in [0.25, 0.3) is 0 Å². The number of carbonyl (C=O) groups is 2. The van der Waals surface area contributed by atoms with Gasteiger partial charge < -0.3 is 15.1 Å². The molecular formula is C25H28Cl3N3O2. The highest BCUT2D eigenvalue weighted by Gasteiger charge is 2.38. The average molecular weight is 509 g/mol. The Balaban J connectivity index is 1.59. The number of piperidine rings is 2. The van der Waals surface area contributed by atoms with Crippen LogP contribution in [0.5, 0.6) is 0 Å². The summed E-state index contributed by atoms with van der Waals surface area (Å²) in [6, 6.07) is 12.3. The normalized spacial score (nSPS) is 23.3. The van der Waals surface area contributed by atoms with Gasteiger partial charge in [0.05, 0.1) is 16.1 Å². The molecule has 4 rings (SSSR count). The molecule has 0 saturated carbocycles. The van der Waals surface area contributed by atoms with Crippen LogP contribution in [-0.2, 0) is 4.79 Å². The number of rotatable bonds is 4. The third-order valence-corrected chi connectivity index (χ3v) is 7.77. The van der Waals surface area contributed by atoms with E-state index in [0.717, 1.165) is 31.4 Å². The molecule has 5 nitrogen and oxygen atoms in total. The SMILES string of the molecule is CN(C(=O)c1ccc(Cl)cc1)[C@@H]1CCN(C(=O)[C@H]2CCCCN2)C[C@H]1c1ccc(Cl)c(Cl)c1. The Bertz CT molecular complexity index is 1010. The molecule has 2 aliphatic heterocycles. The van der Waals surface area contributed by atoms with Gasteiger partial charge in [-0.15, -0.1) is 0 Å². The van der Waals surface area contributed by atoms with E-state index < -0.39 is 0 Å². The van der Waals surface area contributed by atoms with Gasteiger partial charge in [-0.1, -0.05) is 47.3 Å². The zero-order chi connectivity index (χ0) is 23.5. The molecule has 2 heterocycles. The summed E-state index contributed by atoms with van der Waals surface area (Å²) < 4.78 is 0. The number of nitrogens with zero attached hydrogens (tertiary/aromatic N) is 2. The van der Waals surface area contributed by atoms with Crippen molar-refractivity contribution in [3.05, 3.63) is 68.7 Å². The van der Waals surface area contributed by atoms with E-state index in [-0.39, 0.29) is 29.8 Å². The number of likely N-dealkylation sites (tertiary alicyclic amines) is 1. The number of amides is 2. The maximum atomic E-state index is 13.3. The van der Waals surface area contributed by atoms with Crippen molar-refractivity contribution in [2.24, 2.45) is 0 Å². The summed E-state index contributed by atoms with van der Waals surface area (Å²) in [4.78, 5) is 30.2. The molecule has 33 heavy (non-hydrogen) atoms. The fourth-order valence-corrected chi connectivity index (χ4v) is 5.34. The van der Waals surface area contributed by atoms with E-state index in [1.807, 2.05) is 24.1 Å². The molecule has 0 aromatic heterocycles. The molecule has 2 aliphatic rings. The Morgan fingerprint density at radius 2 is 1.76 bits per heavy atom. The highest BCUT2D eigenvalue weighted by atomic mass is 35.5. The van der Waals surface area contributed by atoms with Crippen LogP contribution in [0.4, 0.5) is 0 Å². The quantitative estimate of drug-likeness (QED) is 0.614. The number of hydrogen-bond acceptors (Lipinski definition) is 3. The van der Waals surface area contributed by atoms with Gasteiger partial charge in [0.1, 0.15) is 0 Å². The molecule has 176 valence electrons. The van der Waals surface area contributed by atoms with Crippen molar-refractivity contribution in [1.82, 2.24) is 15.1 Å². The molecular weight excluding hydrogens is 481 g/mol. The molecule has 0 spiro atoms. The number of carbonyl (C=O) groups excluding carboxylic acids is 2. The smallest absolute Gasteiger partial charge is 0.253 e. The summed E-state index contributed by atoms with van der Waals surface area (Å²) in [5.74, 6) is -0.0114. The average Bonchev–Trinajstić information content (AvgIpc) is 2.85. The molecule has 0 aliphatic carbocycles. The van der Waals surface area contributed by atoms with E-state index >= 15 is 0 Å². The first-order chi connectivity index (χ1) is 15.8. The van der Waals surface area contributed by atoms with E-state index in [9.17, 15) is 9.59 Å². The second kappa shape index (κ2) is 10.6. The Morgan fingerprint density at radius 3 is 2.42 bits per heavy atom. The van der Waals surface area contributed by atoms with Crippen LogP contribution in [0, 0.1) is 0 Å². The third kappa shape index (κ3) is 5.48. The zero-order valence-electron chi connectivity index (χ0n) is 18.6. The predicted molar refractivity (Wildman–Crippen MR) is 133 cm³/mol. The lowest BCUT2D eigenvalue weighted by Gasteiger charge is -2.44. The van der Waals surface area contributed by atoms with Crippen molar-refractivity contribution in [2.75, 3.05) is 26.7 Å². The van der Waals surface area contributed by atoms with Crippen LogP contribution in [0.15, 0.2) is 42.5 Å². The van der Waals surface area contributed by atoms with Crippen molar-refractivity contribution in [3.8, 4) is 0 Å². The first kappa shape index (κ1) is 24.3. The Morgan fingerprint density at radius 1 is 1.00 bits per heavy atom. The van der Waals surface area contributed by atoms with Gasteiger partial charge in [-0.25, -0.2) is 0 Å². The van der Waals surface area contributed by atoms with Crippen molar-refractivity contribution in [1.29, 1.82) is 0 Å². The summed E-state index contributed by atoms with van der Waals surface area (Å²) in [7, 11) is 1.83. The molecule has 2 saturated heterocycles. The van der Waals surface area contributed by atoms with E-state index in [2.05, 4.69) is 5.32 Å².